The van der Waals surface area contributed by atoms with Crippen molar-refractivity contribution >= 4 is 21.5 Å². The van der Waals surface area contributed by atoms with Gasteiger partial charge >= 0.3 is 6.18 Å². The average molecular weight is 347 g/mol. The molecule has 0 bridgehead atoms. The molecule has 2 rings (SSSR count). The van der Waals surface area contributed by atoms with E-state index in [0.717, 1.165) is 36.4 Å². The first-order valence-corrected chi connectivity index (χ1v) is 7.39. The molecule has 1 N–H and O–H groups in total. The van der Waals surface area contributed by atoms with Crippen LogP contribution >= 0.6 is 0 Å². The quantitative estimate of drug-likeness (QED) is 0.677. The number of alkyl halides is 3. The number of sulfonamides is 1. The van der Waals surface area contributed by atoms with Crippen molar-refractivity contribution in [3.8, 4) is 0 Å². The van der Waals surface area contributed by atoms with E-state index in [1.807, 2.05) is 4.72 Å². The Morgan fingerprint density at radius 3 is 2.22 bits per heavy atom. The zero-order valence-electron chi connectivity index (χ0n) is 11.1. The standard InChI is InChI=1S/C12H8F3N3O4S/c13-12(14,15)10-2-1-3-11(16-10)17-23(21,22)9-6-4-8(5-7-9)18(19)20/h1-7H,(H,16,17). The van der Waals surface area contributed by atoms with Crippen molar-refractivity contribution < 1.29 is 26.5 Å². The Kier molecular flexibility index (Phi) is 4.23. The number of rotatable bonds is 4. The summed E-state index contributed by atoms with van der Waals surface area (Å²) in [5.74, 6) is -0.516. The normalized spacial score (nSPS) is 12.0. The fraction of sp³-hybridized carbons (Fsp3) is 0.0833. The topological polar surface area (TPSA) is 102 Å². The summed E-state index contributed by atoms with van der Waals surface area (Å²) in [5, 5.41) is 10.5. The summed E-state index contributed by atoms with van der Waals surface area (Å²) >= 11 is 0. The van der Waals surface area contributed by atoms with E-state index in [9.17, 15) is 31.7 Å². The summed E-state index contributed by atoms with van der Waals surface area (Å²) in [6.07, 6.45) is -4.71. The lowest BCUT2D eigenvalue weighted by Gasteiger charge is -2.10. The summed E-state index contributed by atoms with van der Waals surface area (Å²) in [7, 11) is -4.22. The molecule has 0 fully saturated rings. The van der Waals surface area contributed by atoms with Gasteiger partial charge in [0, 0.05) is 12.1 Å². The van der Waals surface area contributed by atoms with E-state index >= 15 is 0 Å². The second-order valence-electron chi connectivity index (χ2n) is 4.26. The fourth-order valence-electron chi connectivity index (χ4n) is 1.59. The van der Waals surface area contributed by atoms with Gasteiger partial charge in [0.25, 0.3) is 15.7 Å². The van der Waals surface area contributed by atoms with Gasteiger partial charge in [-0.2, -0.15) is 13.2 Å². The molecular weight excluding hydrogens is 339 g/mol. The van der Waals surface area contributed by atoms with Crippen molar-refractivity contribution in [1.82, 2.24) is 4.98 Å². The molecule has 23 heavy (non-hydrogen) atoms. The molecule has 1 aromatic carbocycles. The van der Waals surface area contributed by atoms with Crippen LogP contribution in [-0.4, -0.2) is 18.3 Å². The third-order valence-electron chi connectivity index (χ3n) is 2.64. The van der Waals surface area contributed by atoms with Crippen LogP contribution in [0.5, 0.6) is 0 Å². The van der Waals surface area contributed by atoms with E-state index in [1.165, 1.54) is 0 Å². The molecule has 2 aromatic rings. The first-order chi connectivity index (χ1) is 10.6. The lowest BCUT2D eigenvalue weighted by atomic mass is 10.3. The Labute approximate surface area is 128 Å². The molecule has 1 heterocycles. The van der Waals surface area contributed by atoms with Crippen molar-refractivity contribution in [3.63, 3.8) is 0 Å². The number of nitrogens with one attached hydrogen (secondary N) is 1. The van der Waals surface area contributed by atoms with Crippen molar-refractivity contribution in [2.75, 3.05) is 4.72 Å². The Morgan fingerprint density at radius 1 is 1.09 bits per heavy atom. The third-order valence-corrected chi connectivity index (χ3v) is 4.01. The Morgan fingerprint density at radius 2 is 1.70 bits per heavy atom. The number of pyridine rings is 1. The van der Waals surface area contributed by atoms with E-state index in [4.69, 9.17) is 0 Å². The van der Waals surface area contributed by atoms with Gasteiger partial charge in [-0.1, -0.05) is 6.07 Å². The Hall–Kier alpha value is -2.69. The van der Waals surface area contributed by atoms with Crippen molar-refractivity contribution in [3.05, 3.63) is 58.3 Å². The van der Waals surface area contributed by atoms with Gasteiger partial charge in [-0.05, 0) is 24.3 Å². The number of aromatic nitrogens is 1. The molecule has 7 nitrogen and oxygen atoms in total. The summed E-state index contributed by atoms with van der Waals surface area (Å²) in [6.45, 7) is 0. The van der Waals surface area contributed by atoms with E-state index < -0.39 is 32.6 Å². The Bertz CT molecular complexity index is 835. The molecule has 0 unspecified atom stereocenters. The lowest BCUT2D eigenvalue weighted by molar-refractivity contribution is -0.384. The minimum atomic E-state index is -4.71. The van der Waals surface area contributed by atoms with Crippen molar-refractivity contribution in [2.45, 2.75) is 11.1 Å². The van der Waals surface area contributed by atoms with Gasteiger partial charge in [-0.3, -0.25) is 14.8 Å². The number of nitro benzene ring substituents is 1. The molecule has 0 saturated heterocycles. The van der Waals surface area contributed by atoms with Crippen LogP contribution in [0.1, 0.15) is 5.69 Å². The monoisotopic (exact) mass is 347 g/mol. The van der Waals surface area contributed by atoms with E-state index in [2.05, 4.69) is 4.98 Å². The predicted octanol–water partition coefficient (Wildman–Crippen LogP) is 2.81. The van der Waals surface area contributed by atoms with Crippen LogP contribution in [0, 0.1) is 10.1 Å². The van der Waals surface area contributed by atoms with Crippen LogP contribution < -0.4 is 4.72 Å². The highest BCUT2D eigenvalue weighted by molar-refractivity contribution is 7.92. The number of hydrogen-bond donors (Lipinski definition) is 1. The molecule has 0 amide bonds. The second-order valence-corrected chi connectivity index (χ2v) is 5.94. The van der Waals surface area contributed by atoms with Crippen LogP contribution in [0.15, 0.2) is 47.4 Å². The maximum Gasteiger partial charge on any atom is 0.433 e. The van der Waals surface area contributed by atoms with Gasteiger partial charge < -0.3 is 0 Å². The summed E-state index contributed by atoms with van der Waals surface area (Å²) in [5.41, 5.74) is -1.57. The third kappa shape index (κ3) is 3.94. The fourth-order valence-corrected chi connectivity index (χ4v) is 2.59. The summed E-state index contributed by atoms with van der Waals surface area (Å²) in [6, 6.07) is 6.62. The maximum absolute atomic E-state index is 12.5. The molecule has 0 aliphatic rings. The van der Waals surface area contributed by atoms with Crippen LogP contribution in [0.25, 0.3) is 0 Å². The smallest absolute Gasteiger partial charge is 0.263 e. The predicted molar refractivity (Wildman–Crippen MR) is 73.1 cm³/mol. The van der Waals surface area contributed by atoms with E-state index in [0.29, 0.717) is 6.07 Å². The molecule has 0 saturated carbocycles. The minimum Gasteiger partial charge on any atom is -0.263 e. The SMILES string of the molecule is O=[N+]([O-])c1ccc(S(=O)(=O)Nc2cccc(C(F)(F)F)n2)cc1. The highest BCUT2D eigenvalue weighted by atomic mass is 32.2. The molecule has 1 aromatic heterocycles. The van der Waals surface area contributed by atoms with Crippen LogP contribution in [0.3, 0.4) is 0 Å². The van der Waals surface area contributed by atoms with E-state index in [1.54, 1.807) is 0 Å². The molecule has 0 aliphatic carbocycles. The number of anilines is 1. The highest BCUT2D eigenvalue weighted by Gasteiger charge is 2.32. The van der Waals surface area contributed by atoms with Crippen LogP contribution in [-0.2, 0) is 16.2 Å². The van der Waals surface area contributed by atoms with Gasteiger partial charge in [0.05, 0.1) is 9.82 Å². The molecule has 11 heteroatoms. The van der Waals surface area contributed by atoms with Crippen molar-refractivity contribution in [1.29, 1.82) is 0 Å². The molecule has 0 atom stereocenters. The number of hydrogen-bond acceptors (Lipinski definition) is 5. The average Bonchev–Trinajstić information content (AvgIpc) is 2.46. The van der Waals surface area contributed by atoms with Crippen LogP contribution in [0.2, 0.25) is 0 Å². The van der Waals surface area contributed by atoms with Gasteiger partial charge in [0.15, 0.2) is 0 Å². The van der Waals surface area contributed by atoms with E-state index in [-0.39, 0.29) is 10.6 Å². The largest absolute Gasteiger partial charge is 0.433 e. The van der Waals surface area contributed by atoms with Gasteiger partial charge in [-0.25, -0.2) is 13.4 Å². The van der Waals surface area contributed by atoms with Crippen LogP contribution in [0.4, 0.5) is 24.7 Å². The molecule has 0 aliphatic heterocycles. The number of halogens is 3. The number of benzene rings is 1. The van der Waals surface area contributed by atoms with Crippen molar-refractivity contribution in [2.24, 2.45) is 0 Å². The summed E-state index contributed by atoms with van der Waals surface area (Å²) < 4.78 is 63.6. The minimum absolute atomic E-state index is 0.318. The number of non-ortho nitro benzene ring substituents is 1. The first kappa shape index (κ1) is 16.7. The van der Waals surface area contributed by atoms with Gasteiger partial charge in [-0.15, -0.1) is 0 Å². The highest BCUT2D eigenvalue weighted by Crippen LogP contribution is 2.28. The molecule has 122 valence electrons. The molecule has 0 radical (unpaired) electrons. The number of nitro groups is 1. The molecule has 0 spiro atoms. The molecular formula is C12H8F3N3O4S. The second kappa shape index (κ2) is 5.83. The zero-order chi connectivity index (χ0) is 17.3. The maximum atomic E-state index is 12.5. The van der Waals surface area contributed by atoms with Gasteiger partial charge in [0.2, 0.25) is 0 Å². The lowest BCUT2D eigenvalue weighted by Crippen LogP contribution is -2.16. The zero-order valence-corrected chi connectivity index (χ0v) is 11.9. The number of nitrogens with zero attached hydrogens (tertiary/aromatic N) is 2. The summed E-state index contributed by atoms with van der Waals surface area (Å²) in [4.78, 5) is 12.6. The first-order valence-electron chi connectivity index (χ1n) is 5.91. The Balaban J connectivity index is 2.29. The van der Waals surface area contributed by atoms with Gasteiger partial charge in [0.1, 0.15) is 11.5 Å².